The van der Waals surface area contributed by atoms with Crippen molar-refractivity contribution >= 4 is 26.8 Å². The van der Waals surface area contributed by atoms with E-state index in [2.05, 4.69) is 51.3 Å². The maximum atomic E-state index is 4.04. The molecule has 1 aromatic heterocycles. The summed E-state index contributed by atoms with van der Waals surface area (Å²) in [4.78, 5) is 0. The number of para-hydroxylation sites is 1. The molecule has 2 nitrogen and oxygen atoms in total. The quantitative estimate of drug-likeness (QED) is 0.801. The molecule has 1 atom stereocenters. The molecule has 1 aromatic carbocycles. The molecule has 0 saturated carbocycles. The lowest BCUT2D eigenvalue weighted by Gasteiger charge is -2.08. The Morgan fingerprint density at radius 2 is 2.38 bits per heavy atom. The summed E-state index contributed by atoms with van der Waals surface area (Å²) in [6, 6.07) is 6.29. The number of alkyl halides is 1. The molecule has 68 valence electrons. The van der Waals surface area contributed by atoms with E-state index < -0.39 is 0 Å². The number of aromatic amines is 1. The summed E-state index contributed by atoms with van der Waals surface area (Å²) in [6.07, 6.45) is 1.86. The van der Waals surface area contributed by atoms with Crippen LogP contribution >= 0.6 is 15.9 Å². The number of nitrogens with zero attached hydrogens (tertiary/aromatic N) is 1. The number of nitrogens with one attached hydrogen (secondary N) is 1. The Kier molecular flexibility index (Phi) is 2.36. The first-order chi connectivity index (χ1) is 6.33. The Morgan fingerprint density at radius 1 is 1.54 bits per heavy atom. The smallest absolute Gasteiger partial charge is 0.0685 e. The van der Waals surface area contributed by atoms with Gasteiger partial charge < -0.3 is 0 Å². The third-order valence-electron chi connectivity index (χ3n) is 2.27. The molecule has 0 radical (unpaired) electrons. The second kappa shape index (κ2) is 3.50. The van der Waals surface area contributed by atoms with Gasteiger partial charge in [-0.2, -0.15) is 5.10 Å². The molecule has 2 rings (SSSR count). The number of H-pyrrole nitrogens is 1. The van der Waals surface area contributed by atoms with E-state index in [-0.39, 0.29) is 0 Å². The van der Waals surface area contributed by atoms with Gasteiger partial charge in [-0.25, -0.2) is 0 Å². The zero-order chi connectivity index (χ0) is 9.26. The SMILES string of the molecule is CC(CBr)c1cccc2cn[nH]c12. The number of hydrogen-bond acceptors (Lipinski definition) is 1. The van der Waals surface area contributed by atoms with Crippen LogP contribution in [0.2, 0.25) is 0 Å². The largest absolute Gasteiger partial charge is 0.278 e. The number of benzene rings is 1. The highest BCUT2D eigenvalue weighted by molar-refractivity contribution is 9.09. The molecule has 1 unspecified atom stereocenters. The summed E-state index contributed by atoms with van der Waals surface area (Å²) in [5, 5.41) is 9.23. The van der Waals surface area contributed by atoms with Crippen LogP contribution in [0.15, 0.2) is 24.4 Å². The summed E-state index contributed by atoms with van der Waals surface area (Å²) >= 11 is 3.49. The van der Waals surface area contributed by atoms with Gasteiger partial charge in [0, 0.05) is 10.7 Å². The van der Waals surface area contributed by atoms with Crippen LogP contribution in [0.4, 0.5) is 0 Å². The van der Waals surface area contributed by atoms with E-state index in [1.165, 1.54) is 10.9 Å². The van der Waals surface area contributed by atoms with Gasteiger partial charge in [-0.3, -0.25) is 5.10 Å². The molecule has 13 heavy (non-hydrogen) atoms. The zero-order valence-electron chi connectivity index (χ0n) is 7.42. The maximum absolute atomic E-state index is 4.04. The van der Waals surface area contributed by atoms with Crippen LogP contribution in [0.3, 0.4) is 0 Å². The van der Waals surface area contributed by atoms with Crippen molar-refractivity contribution in [3.63, 3.8) is 0 Å². The van der Waals surface area contributed by atoms with Crippen LogP contribution in [-0.2, 0) is 0 Å². The highest BCUT2D eigenvalue weighted by Gasteiger charge is 2.08. The minimum atomic E-state index is 0.518. The van der Waals surface area contributed by atoms with Gasteiger partial charge in [0.05, 0.1) is 11.7 Å². The Hall–Kier alpha value is -0.830. The minimum Gasteiger partial charge on any atom is -0.278 e. The van der Waals surface area contributed by atoms with Gasteiger partial charge in [0.15, 0.2) is 0 Å². The minimum absolute atomic E-state index is 0.518. The molecule has 0 aliphatic heterocycles. The van der Waals surface area contributed by atoms with Crippen molar-refractivity contribution in [2.75, 3.05) is 5.33 Å². The van der Waals surface area contributed by atoms with Crippen LogP contribution in [0, 0.1) is 0 Å². The average molecular weight is 239 g/mol. The number of fused-ring (bicyclic) bond motifs is 1. The molecule has 1 N–H and O–H groups in total. The van der Waals surface area contributed by atoms with E-state index >= 15 is 0 Å². The molecular weight excluding hydrogens is 228 g/mol. The lowest BCUT2D eigenvalue weighted by molar-refractivity contribution is 0.892. The van der Waals surface area contributed by atoms with Crippen molar-refractivity contribution in [2.45, 2.75) is 12.8 Å². The van der Waals surface area contributed by atoms with Crippen LogP contribution in [0.25, 0.3) is 10.9 Å². The molecule has 1 heterocycles. The first kappa shape index (κ1) is 8.75. The summed E-state index contributed by atoms with van der Waals surface area (Å²) < 4.78 is 0. The Labute approximate surface area is 85.5 Å². The molecule has 0 amide bonds. The zero-order valence-corrected chi connectivity index (χ0v) is 9.01. The van der Waals surface area contributed by atoms with Gasteiger partial charge in [0.1, 0.15) is 0 Å². The summed E-state index contributed by atoms with van der Waals surface area (Å²) in [6.45, 7) is 2.20. The third-order valence-corrected chi connectivity index (χ3v) is 3.24. The molecule has 3 heteroatoms. The summed E-state index contributed by atoms with van der Waals surface area (Å²) in [7, 11) is 0. The second-order valence-corrected chi connectivity index (χ2v) is 3.88. The number of halogens is 1. The number of aromatic nitrogens is 2. The van der Waals surface area contributed by atoms with Crippen LogP contribution in [0.1, 0.15) is 18.4 Å². The predicted octanol–water partition coefficient (Wildman–Crippen LogP) is 3.06. The molecule has 0 spiro atoms. The third kappa shape index (κ3) is 1.48. The Balaban J connectivity index is 2.60. The average Bonchev–Trinajstić information content (AvgIpc) is 2.63. The Bertz CT molecular complexity index is 408. The molecule has 2 aromatic rings. The summed E-state index contributed by atoms with van der Waals surface area (Å²) in [5.41, 5.74) is 2.49. The van der Waals surface area contributed by atoms with E-state index in [1.807, 2.05) is 6.20 Å². The molecule has 0 bridgehead atoms. The van der Waals surface area contributed by atoms with Crippen molar-refractivity contribution in [3.8, 4) is 0 Å². The maximum Gasteiger partial charge on any atom is 0.0685 e. The van der Waals surface area contributed by atoms with Crippen molar-refractivity contribution in [1.82, 2.24) is 10.2 Å². The van der Waals surface area contributed by atoms with E-state index in [1.54, 1.807) is 0 Å². The summed E-state index contributed by atoms with van der Waals surface area (Å²) in [5.74, 6) is 0.518. The molecule has 0 aliphatic rings. The van der Waals surface area contributed by atoms with Gasteiger partial charge in [-0.1, -0.05) is 41.1 Å². The first-order valence-corrected chi connectivity index (χ1v) is 5.43. The second-order valence-electron chi connectivity index (χ2n) is 3.24. The van der Waals surface area contributed by atoms with Crippen molar-refractivity contribution < 1.29 is 0 Å². The lowest BCUT2D eigenvalue weighted by Crippen LogP contribution is -1.95. The lowest BCUT2D eigenvalue weighted by atomic mass is 10.0. The van der Waals surface area contributed by atoms with Gasteiger partial charge in [-0.15, -0.1) is 0 Å². The standard InChI is InChI=1S/C10H11BrN2/c1-7(5-11)9-4-2-3-8-6-12-13-10(8)9/h2-4,6-7H,5H2,1H3,(H,12,13). The van der Waals surface area contributed by atoms with Crippen molar-refractivity contribution in [1.29, 1.82) is 0 Å². The fourth-order valence-electron chi connectivity index (χ4n) is 1.49. The molecule has 0 aliphatic carbocycles. The molecular formula is C10H11BrN2. The Morgan fingerprint density at radius 3 is 3.15 bits per heavy atom. The highest BCUT2D eigenvalue weighted by atomic mass is 79.9. The topological polar surface area (TPSA) is 28.7 Å². The van der Waals surface area contributed by atoms with E-state index in [0.29, 0.717) is 5.92 Å². The number of rotatable bonds is 2. The van der Waals surface area contributed by atoms with Crippen molar-refractivity contribution in [3.05, 3.63) is 30.0 Å². The van der Waals surface area contributed by atoms with E-state index in [4.69, 9.17) is 0 Å². The molecule has 0 fully saturated rings. The van der Waals surface area contributed by atoms with Gasteiger partial charge in [-0.05, 0) is 11.5 Å². The van der Waals surface area contributed by atoms with Gasteiger partial charge in [0.25, 0.3) is 0 Å². The van der Waals surface area contributed by atoms with E-state index in [0.717, 1.165) is 10.8 Å². The van der Waals surface area contributed by atoms with Crippen LogP contribution in [-0.4, -0.2) is 15.5 Å². The first-order valence-electron chi connectivity index (χ1n) is 4.31. The van der Waals surface area contributed by atoms with Crippen LogP contribution in [0.5, 0.6) is 0 Å². The normalized spacial score (nSPS) is 13.4. The molecule has 0 saturated heterocycles. The van der Waals surface area contributed by atoms with Crippen LogP contribution < -0.4 is 0 Å². The highest BCUT2D eigenvalue weighted by Crippen LogP contribution is 2.24. The fraction of sp³-hybridized carbons (Fsp3) is 0.300. The van der Waals surface area contributed by atoms with Crippen molar-refractivity contribution in [2.24, 2.45) is 0 Å². The number of hydrogen-bond donors (Lipinski definition) is 1. The predicted molar refractivity (Wildman–Crippen MR) is 58.3 cm³/mol. The van der Waals surface area contributed by atoms with Gasteiger partial charge >= 0.3 is 0 Å². The van der Waals surface area contributed by atoms with E-state index in [9.17, 15) is 0 Å². The monoisotopic (exact) mass is 238 g/mol. The van der Waals surface area contributed by atoms with Gasteiger partial charge in [0.2, 0.25) is 0 Å². The fourth-order valence-corrected chi connectivity index (χ4v) is 1.83.